The fourth-order valence-electron chi connectivity index (χ4n) is 16.3. The molecular weight excluding hydrogens is 1410 g/mol. The van der Waals surface area contributed by atoms with Crippen molar-refractivity contribution in [2.75, 3.05) is 89.2 Å². The number of fused-ring (bicyclic) bond motifs is 3. The first-order valence-corrected chi connectivity index (χ1v) is 37.8. The number of carbonyl (C=O) groups is 12. The van der Waals surface area contributed by atoms with E-state index in [1.54, 1.807) is 32.9 Å². The number of nitrogens with one attached hydrogen (secondary N) is 3. The topological polar surface area (TPSA) is 279 Å². The lowest BCUT2D eigenvalue weighted by Crippen LogP contribution is -2.68. The number of rotatable bonds is 13. The summed E-state index contributed by atoms with van der Waals surface area (Å²) in [7, 11) is 11.0. The van der Waals surface area contributed by atoms with Crippen LogP contribution in [0.3, 0.4) is 0 Å². The van der Waals surface area contributed by atoms with Gasteiger partial charge in [-0.15, -0.1) is 0 Å². The van der Waals surface area contributed by atoms with Gasteiger partial charge in [0.1, 0.15) is 71.1 Å². The summed E-state index contributed by atoms with van der Waals surface area (Å²) in [5.41, 5.74) is -4.23. The Hall–Kier alpha value is -7.93. The predicted molar refractivity (Wildman–Crippen MR) is 377 cm³/mol. The highest BCUT2D eigenvalue weighted by molar-refractivity contribution is 6.01. The zero-order valence-corrected chi connectivity index (χ0v) is 63.6. The van der Waals surface area contributed by atoms with Crippen molar-refractivity contribution in [2.45, 2.75) is 241 Å². The van der Waals surface area contributed by atoms with Crippen molar-refractivity contribution in [3.8, 4) is 0 Å². The van der Waals surface area contributed by atoms with E-state index in [0.29, 0.717) is 50.7 Å². The number of benzene rings is 1. The Labute approximate surface area is 622 Å². The van der Waals surface area contributed by atoms with Gasteiger partial charge in [-0.25, -0.2) is 17.6 Å². The highest BCUT2D eigenvalue weighted by Gasteiger charge is 2.54. The minimum absolute atomic E-state index is 0.00546. The first kappa shape index (κ1) is 84.7. The number of carbonyl (C=O) groups excluding carboxylic acids is 12. The van der Waals surface area contributed by atoms with Crippen LogP contribution in [0.15, 0.2) is 24.3 Å². The Balaban J connectivity index is 1.21. The first-order valence-electron chi connectivity index (χ1n) is 37.8. The van der Waals surface area contributed by atoms with E-state index in [1.807, 2.05) is 0 Å². The maximum absolute atomic E-state index is 15.5. The zero-order chi connectivity index (χ0) is 78.9. The summed E-state index contributed by atoms with van der Waals surface area (Å²) in [4.78, 5) is 191. The standard InChI is InChI=1S/C75H109F7N12O13/c1-12-44(3)62-70(104)88(7)43-60(97)89(8)53-25-15-14-18-34-93(69(53)103)57(38-46-28-32-74(78,79)33-29-46)68(102)87(6)42-58(95)83-52(27-26-47-35-50(76)61(51(77)36-47)75(80,81)82)66(100)94-41-49(107-13-2)39-55(94)65(99)85-73(30-20-31-73)72(106)92(11)63(48-23-16-17-24-48)71(105)91(10)56(67(101)86(4)5)40-59(96)90(9)54(64(98)84-62)37-45-21-19-22-45/h14-15,35-36,44-46,48-49,52-57,62-63H,12-13,16-34,37-43H2,1-11H3,(H,83,95)(H,84,98)(H,85,99)/b15-14-/t44-,49+,52-,53-,54-,55-,56-,57-,62-,63-/m0/s1. The van der Waals surface area contributed by atoms with Crippen molar-refractivity contribution in [1.82, 2.24) is 60.0 Å². The van der Waals surface area contributed by atoms with Crippen LogP contribution in [0.1, 0.15) is 173 Å². The van der Waals surface area contributed by atoms with E-state index >= 15 is 47.1 Å². The average molecular weight is 1520 g/mol. The Kier molecular flexibility index (Phi) is 28.5. The van der Waals surface area contributed by atoms with Gasteiger partial charge in [0, 0.05) is 95.3 Å². The lowest BCUT2D eigenvalue weighted by Gasteiger charge is -2.46. The van der Waals surface area contributed by atoms with Crippen molar-refractivity contribution in [2.24, 2.45) is 23.7 Å². The van der Waals surface area contributed by atoms with E-state index < -0.39 is 223 Å². The summed E-state index contributed by atoms with van der Waals surface area (Å²) in [6.07, 6.45) is -0.377. The van der Waals surface area contributed by atoms with Crippen LogP contribution in [0.2, 0.25) is 0 Å². The monoisotopic (exact) mass is 1520 g/mol. The molecule has 8 rings (SSSR count). The van der Waals surface area contributed by atoms with Crippen LogP contribution in [0.4, 0.5) is 30.7 Å². The molecule has 10 atom stereocenters. The molecule has 596 valence electrons. The smallest absolute Gasteiger partial charge is 0.377 e. The van der Waals surface area contributed by atoms with Gasteiger partial charge in [0.25, 0.3) is 0 Å². The predicted octanol–water partition coefficient (Wildman–Crippen LogP) is 5.84. The van der Waals surface area contributed by atoms with Crippen molar-refractivity contribution >= 4 is 70.9 Å². The summed E-state index contributed by atoms with van der Waals surface area (Å²) >= 11 is 0. The molecule has 1 aromatic carbocycles. The quantitative estimate of drug-likeness (QED) is 0.155. The van der Waals surface area contributed by atoms with Gasteiger partial charge >= 0.3 is 6.18 Å². The van der Waals surface area contributed by atoms with Gasteiger partial charge in [0.15, 0.2) is 0 Å². The van der Waals surface area contributed by atoms with Crippen LogP contribution in [0, 0.1) is 35.3 Å². The van der Waals surface area contributed by atoms with Gasteiger partial charge < -0.3 is 64.8 Å². The van der Waals surface area contributed by atoms with Crippen LogP contribution in [-0.4, -0.2) is 270 Å². The summed E-state index contributed by atoms with van der Waals surface area (Å²) in [6.45, 7) is 3.30. The fraction of sp³-hybridized carbons (Fsp3) is 0.733. The molecule has 1 spiro atoms. The molecule has 6 fully saturated rings. The number of nitrogens with zero attached hydrogens (tertiary/aromatic N) is 9. The molecule has 3 aliphatic heterocycles. The minimum Gasteiger partial charge on any atom is -0.377 e. The Bertz CT molecular complexity index is 3440. The molecule has 3 N–H and O–H groups in total. The van der Waals surface area contributed by atoms with E-state index in [9.17, 15) is 41.1 Å². The second-order valence-electron chi connectivity index (χ2n) is 31.1. The average Bonchev–Trinajstić information content (AvgIpc) is 1.69. The lowest BCUT2D eigenvalue weighted by atomic mass is 9.74. The van der Waals surface area contributed by atoms with Crippen LogP contribution in [0.5, 0.6) is 0 Å². The molecule has 4 aliphatic carbocycles. The van der Waals surface area contributed by atoms with Gasteiger partial charge in [-0.3, -0.25) is 57.5 Å². The van der Waals surface area contributed by atoms with Gasteiger partial charge in [-0.05, 0) is 132 Å². The molecule has 12 amide bonds. The van der Waals surface area contributed by atoms with E-state index in [1.165, 1.54) is 76.0 Å². The number of ether oxygens (including phenoxy) is 1. The number of hydrogen-bond donors (Lipinski definition) is 3. The van der Waals surface area contributed by atoms with Crippen molar-refractivity contribution in [3.05, 3.63) is 47.0 Å². The second kappa shape index (κ2) is 36.1. The lowest BCUT2D eigenvalue weighted by molar-refractivity contribution is -0.158. The van der Waals surface area contributed by atoms with Crippen LogP contribution in [-0.2, 0) is 74.9 Å². The largest absolute Gasteiger partial charge is 0.422 e. The summed E-state index contributed by atoms with van der Waals surface area (Å²) in [5, 5.41) is 8.41. The summed E-state index contributed by atoms with van der Waals surface area (Å²) in [5.74, 6) is -17.9. The Morgan fingerprint density at radius 2 is 1.28 bits per heavy atom. The molecule has 0 unspecified atom stereocenters. The minimum atomic E-state index is -5.44. The number of hydrogen-bond acceptors (Lipinski definition) is 13. The van der Waals surface area contributed by atoms with Gasteiger partial charge in [-0.1, -0.05) is 64.5 Å². The van der Waals surface area contributed by atoms with E-state index in [4.69, 9.17) is 4.74 Å². The molecule has 1 aromatic rings. The molecular formula is C75H109F7N12O13. The van der Waals surface area contributed by atoms with Crippen molar-refractivity contribution < 1.29 is 93.0 Å². The SMILES string of the molecule is CCO[C@@H]1C[C@H]2C(=O)NC3(CCC3)C(=O)N(C)[C@@H](C3CCCC3)C(=O)N(C)[C@H](C(=O)N(C)C)CC(=O)N(C)[C@@H](CC3CCC3)C(=O)N[C@@H]([C@@H](C)CC)C(=O)N(C)CC(=O)N(C)[C@H]3C/C=C\CCN(C3=O)[C@@H](CC3CCC(F)(F)CC3)C(=O)N(C)CC(=O)N[C@@H](CCc3cc(F)c(C(F)(F)F)c(F)c3)C(=O)N2C1. The van der Waals surface area contributed by atoms with E-state index in [0.717, 1.165) is 43.8 Å². The molecule has 107 heavy (non-hydrogen) atoms. The van der Waals surface area contributed by atoms with E-state index in [-0.39, 0.29) is 89.0 Å². The molecule has 2 bridgehead atoms. The maximum atomic E-state index is 15.5. The third-order valence-corrected chi connectivity index (χ3v) is 23.5. The number of alkyl halides is 5. The number of amides is 12. The number of aryl methyl sites for hydroxylation is 1. The summed E-state index contributed by atoms with van der Waals surface area (Å²) < 4.78 is 108. The summed E-state index contributed by atoms with van der Waals surface area (Å²) in [6, 6.07) is -10.4. The zero-order valence-electron chi connectivity index (χ0n) is 63.6. The van der Waals surface area contributed by atoms with E-state index in [2.05, 4.69) is 16.0 Å². The molecule has 0 aromatic heterocycles. The maximum Gasteiger partial charge on any atom is 0.422 e. The van der Waals surface area contributed by atoms with Crippen molar-refractivity contribution in [1.29, 1.82) is 0 Å². The molecule has 32 heteroatoms. The van der Waals surface area contributed by atoms with Gasteiger partial charge in [0.2, 0.25) is 76.8 Å². The third kappa shape index (κ3) is 20.1. The Morgan fingerprint density at radius 1 is 0.664 bits per heavy atom. The number of halogens is 7. The highest BCUT2D eigenvalue weighted by Crippen LogP contribution is 2.42. The van der Waals surface area contributed by atoms with Crippen molar-refractivity contribution in [3.63, 3.8) is 0 Å². The van der Waals surface area contributed by atoms with Crippen LogP contribution < -0.4 is 16.0 Å². The number of likely N-dealkylation sites (N-methyl/N-ethyl adjacent to an activating group) is 7. The highest BCUT2D eigenvalue weighted by atomic mass is 19.4. The van der Waals surface area contributed by atoms with Crippen LogP contribution in [0.25, 0.3) is 0 Å². The molecule has 4 saturated carbocycles. The first-order chi connectivity index (χ1) is 50.3. The molecule has 7 aliphatic rings. The molecule has 25 nitrogen and oxygen atoms in total. The van der Waals surface area contributed by atoms with Crippen LogP contribution >= 0.6 is 0 Å². The van der Waals surface area contributed by atoms with Gasteiger partial charge in [-0.2, -0.15) is 13.2 Å². The molecule has 2 saturated heterocycles. The Morgan fingerprint density at radius 3 is 1.85 bits per heavy atom. The fourth-order valence-corrected chi connectivity index (χ4v) is 16.3. The third-order valence-electron chi connectivity index (χ3n) is 23.5. The van der Waals surface area contributed by atoms with Gasteiger partial charge in [0.05, 0.1) is 25.6 Å². The molecule has 0 radical (unpaired) electrons. The molecule has 3 heterocycles. The second-order valence-corrected chi connectivity index (χ2v) is 31.1. The normalized spacial score (nSPS) is 28.4.